The van der Waals surface area contributed by atoms with Gasteiger partial charge in [-0.2, -0.15) is 0 Å². The number of rotatable bonds is 21. The number of carboxylic acids is 1. The number of amides is 7. The van der Waals surface area contributed by atoms with Gasteiger partial charge in [-0.3, -0.25) is 33.6 Å². The molecule has 0 bridgehead atoms. The highest BCUT2D eigenvalue weighted by Crippen LogP contribution is 2.22. The number of nitrogens with two attached hydrogens (primary N) is 1. The molecule has 3 aromatic rings. The van der Waals surface area contributed by atoms with Gasteiger partial charge in [0, 0.05) is 61.7 Å². The van der Waals surface area contributed by atoms with E-state index in [4.69, 9.17) is 5.73 Å². The summed E-state index contributed by atoms with van der Waals surface area (Å²) in [6, 6.07) is 0.200. The molecule has 0 aliphatic carbocycles. The van der Waals surface area contributed by atoms with Crippen molar-refractivity contribution >= 4 is 58.2 Å². The van der Waals surface area contributed by atoms with Crippen molar-refractivity contribution in [3.05, 3.63) is 54.2 Å². The molecule has 3 heterocycles. The maximum atomic E-state index is 14.2. The van der Waals surface area contributed by atoms with Gasteiger partial charge in [0.25, 0.3) is 0 Å². The molecule has 1 fully saturated rings. The van der Waals surface area contributed by atoms with Crippen molar-refractivity contribution in [2.75, 3.05) is 6.54 Å². The number of aromatic amines is 2. The summed E-state index contributed by atoms with van der Waals surface area (Å²) in [7, 11) is 0. The van der Waals surface area contributed by atoms with Crippen LogP contribution in [0.3, 0.4) is 0 Å². The summed E-state index contributed by atoms with van der Waals surface area (Å²) < 4.78 is 0. The molecule has 19 nitrogen and oxygen atoms in total. The Labute approximate surface area is 341 Å². The lowest BCUT2D eigenvalue weighted by Gasteiger charge is -2.31. The second kappa shape index (κ2) is 20.9. The maximum Gasteiger partial charge on any atom is 0.326 e. The van der Waals surface area contributed by atoms with E-state index in [0.29, 0.717) is 17.7 Å². The number of primary amides is 1. The highest BCUT2D eigenvalue weighted by Gasteiger charge is 2.40. The van der Waals surface area contributed by atoms with Gasteiger partial charge in [0.2, 0.25) is 41.4 Å². The van der Waals surface area contributed by atoms with E-state index in [1.165, 1.54) is 24.3 Å². The Morgan fingerprint density at radius 3 is 2.17 bits per heavy atom. The number of aliphatic carboxylic acids is 1. The Bertz CT molecular complexity index is 1980. The number of nitrogens with one attached hydrogen (secondary N) is 7. The van der Waals surface area contributed by atoms with Gasteiger partial charge in [0.1, 0.15) is 36.3 Å². The fourth-order valence-electron chi connectivity index (χ4n) is 7.13. The van der Waals surface area contributed by atoms with Crippen LogP contribution in [0.2, 0.25) is 0 Å². The summed E-state index contributed by atoms with van der Waals surface area (Å²) in [6.45, 7) is 8.63. The normalized spacial score (nSPS) is 16.5. The Morgan fingerprint density at radius 1 is 0.864 bits per heavy atom. The molecule has 1 aliphatic rings. The zero-order valence-corrected chi connectivity index (χ0v) is 34.0. The average Bonchev–Trinajstić information content (AvgIpc) is 3.96. The Kier molecular flexibility index (Phi) is 16.1. The second-order valence-electron chi connectivity index (χ2n) is 15.7. The Balaban J connectivity index is 1.50. The van der Waals surface area contributed by atoms with Gasteiger partial charge in [0.15, 0.2) is 0 Å². The van der Waals surface area contributed by atoms with Crippen LogP contribution in [-0.2, 0) is 51.2 Å². The van der Waals surface area contributed by atoms with Crippen molar-refractivity contribution in [1.29, 1.82) is 0 Å². The number of benzene rings is 1. The van der Waals surface area contributed by atoms with Crippen molar-refractivity contribution in [1.82, 2.24) is 46.4 Å². The number of imidazole rings is 1. The zero-order chi connectivity index (χ0) is 43.4. The largest absolute Gasteiger partial charge is 0.480 e. The first-order valence-electron chi connectivity index (χ1n) is 19.8. The number of para-hydroxylation sites is 1. The van der Waals surface area contributed by atoms with E-state index in [1.54, 1.807) is 26.1 Å². The molecular weight excluding hydrogens is 765 g/mol. The molecule has 4 rings (SSSR count). The number of nitrogens with zero attached hydrogens (tertiary/aromatic N) is 2. The van der Waals surface area contributed by atoms with Crippen molar-refractivity contribution in [3.8, 4) is 0 Å². The predicted molar refractivity (Wildman–Crippen MR) is 215 cm³/mol. The van der Waals surface area contributed by atoms with E-state index in [9.17, 15) is 43.5 Å². The molecule has 320 valence electrons. The molecule has 0 radical (unpaired) electrons. The standard InChI is InChI=1S/C40H56N10O9/c1-21(2)15-29(36(54)46-28(12-13-33(41)52)35(53)49-31(40(58)59)16-24-18-43-27-10-7-6-9-26(24)27)47-37(55)32-11-8-14-50(32)39(57)30(17-25-19-42-20-44-25)48-38(56)34(22(3)4)45-23(5)51/h6-7,9-10,18-22,28-32,34,43H,8,11-17H2,1-5H3,(H2,41,52)(H,42,44)(H,45,51)(H,46,54)(H,47,55)(H,48,56)(H,49,53)(H,58,59)/t28-,29-,30-,31-,32-,34-/m0/s1. The summed E-state index contributed by atoms with van der Waals surface area (Å²) in [5.41, 5.74) is 7.35. The van der Waals surface area contributed by atoms with Crippen LogP contribution in [0.5, 0.6) is 0 Å². The number of likely N-dealkylation sites (tertiary alicyclic amines) is 1. The Morgan fingerprint density at radius 2 is 1.54 bits per heavy atom. The van der Waals surface area contributed by atoms with Gasteiger partial charge in [-0.1, -0.05) is 45.9 Å². The SMILES string of the molecule is CC(=O)N[C@H](C(=O)N[C@@H](Cc1cnc[nH]1)C(=O)N1CCC[C@H]1C(=O)N[C@@H](CC(C)C)C(=O)N[C@@H](CCC(N)=O)C(=O)N[C@@H](Cc1c[nH]c2ccccc12)C(=O)O)C(C)C. The molecule has 10 N–H and O–H groups in total. The van der Waals surface area contributed by atoms with Crippen LogP contribution < -0.4 is 32.3 Å². The van der Waals surface area contributed by atoms with E-state index < -0.39 is 83.6 Å². The molecule has 1 saturated heterocycles. The first kappa shape index (κ1) is 45.4. The summed E-state index contributed by atoms with van der Waals surface area (Å²) in [4.78, 5) is 116. The van der Waals surface area contributed by atoms with Crippen LogP contribution >= 0.6 is 0 Å². The lowest BCUT2D eigenvalue weighted by atomic mass is 10.0. The third-order valence-electron chi connectivity index (χ3n) is 10.1. The number of carbonyl (C=O) groups excluding carboxylic acids is 7. The second-order valence-corrected chi connectivity index (χ2v) is 15.7. The number of hydrogen-bond donors (Lipinski definition) is 9. The molecule has 1 aliphatic heterocycles. The topological polar surface area (TPSA) is 291 Å². The third-order valence-corrected chi connectivity index (χ3v) is 10.1. The van der Waals surface area contributed by atoms with E-state index in [2.05, 4.69) is 41.5 Å². The minimum atomic E-state index is -1.39. The molecule has 19 heteroatoms. The van der Waals surface area contributed by atoms with Crippen LogP contribution in [0.15, 0.2) is 43.0 Å². The number of carbonyl (C=O) groups is 8. The van der Waals surface area contributed by atoms with Crippen LogP contribution in [0.25, 0.3) is 10.9 Å². The van der Waals surface area contributed by atoms with Crippen molar-refractivity contribution < 1.29 is 43.5 Å². The number of H-pyrrole nitrogens is 2. The van der Waals surface area contributed by atoms with E-state index in [1.807, 2.05) is 32.0 Å². The molecule has 0 unspecified atom stereocenters. The molecule has 6 atom stereocenters. The highest BCUT2D eigenvalue weighted by molar-refractivity contribution is 5.97. The van der Waals surface area contributed by atoms with Crippen molar-refractivity contribution in [3.63, 3.8) is 0 Å². The first-order valence-corrected chi connectivity index (χ1v) is 19.8. The fraction of sp³-hybridized carbons (Fsp3) is 0.525. The van der Waals surface area contributed by atoms with Crippen LogP contribution in [-0.4, -0.2) is 115 Å². The molecule has 0 saturated carbocycles. The van der Waals surface area contributed by atoms with Gasteiger partial charge in [-0.25, -0.2) is 9.78 Å². The minimum Gasteiger partial charge on any atom is -0.480 e. The number of carboxylic acid groups (broad SMARTS) is 1. The third kappa shape index (κ3) is 12.9. The molecule has 2 aromatic heterocycles. The van der Waals surface area contributed by atoms with E-state index >= 15 is 0 Å². The lowest BCUT2D eigenvalue weighted by molar-refractivity contribution is -0.143. The summed E-state index contributed by atoms with van der Waals surface area (Å²) in [6.07, 6.45) is 4.80. The maximum absolute atomic E-state index is 14.2. The zero-order valence-electron chi connectivity index (χ0n) is 34.0. The van der Waals surface area contributed by atoms with Gasteiger partial charge >= 0.3 is 5.97 Å². The van der Waals surface area contributed by atoms with Crippen LogP contribution in [0.4, 0.5) is 0 Å². The average molecular weight is 821 g/mol. The molecule has 59 heavy (non-hydrogen) atoms. The van der Waals surface area contributed by atoms with E-state index in [0.717, 1.165) is 10.9 Å². The quantitative estimate of drug-likeness (QED) is 0.0702. The van der Waals surface area contributed by atoms with Gasteiger partial charge in [-0.15, -0.1) is 0 Å². The molecule has 1 aromatic carbocycles. The molecular formula is C40H56N10O9. The van der Waals surface area contributed by atoms with Crippen molar-refractivity contribution in [2.45, 2.75) is 116 Å². The van der Waals surface area contributed by atoms with Gasteiger partial charge in [-0.05, 0) is 49.1 Å². The minimum absolute atomic E-state index is 0.0119. The predicted octanol–water partition coefficient (Wildman–Crippen LogP) is 0.163. The Hall–Kier alpha value is -6.27. The number of hydrogen-bond acceptors (Lipinski definition) is 9. The molecule has 7 amide bonds. The first-order chi connectivity index (χ1) is 27.9. The smallest absolute Gasteiger partial charge is 0.326 e. The molecule has 0 spiro atoms. The monoisotopic (exact) mass is 820 g/mol. The van der Waals surface area contributed by atoms with Gasteiger partial charge < -0.3 is 52.3 Å². The number of aromatic nitrogens is 3. The lowest BCUT2D eigenvalue weighted by Crippen LogP contribution is -2.60. The summed E-state index contributed by atoms with van der Waals surface area (Å²) in [5, 5.41) is 24.0. The van der Waals surface area contributed by atoms with Crippen LogP contribution in [0.1, 0.15) is 78.0 Å². The van der Waals surface area contributed by atoms with Gasteiger partial charge in [0.05, 0.1) is 6.33 Å². The number of fused-ring (bicyclic) bond motifs is 1. The summed E-state index contributed by atoms with van der Waals surface area (Å²) in [5.74, 6) is -6.32. The summed E-state index contributed by atoms with van der Waals surface area (Å²) >= 11 is 0. The highest BCUT2D eigenvalue weighted by atomic mass is 16.4. The van der Waals surface area contributed by atoms with Crippen molar-refractivity contribution in [2.24, 2.45) is 17.6 Å². The van der Waals surface area contributed by atoms with Crippen LogP contribution in [0, 0.1) is 11.8 Å². The van der Waals surface area contributed by atoms with E-state index in [-0.39, 0.29) is 56.9 Å². The fourth-order valence-corrected chi connectivity index (χ4v) is 7.13.